The molecule has 1 N–H and O–H groups in total. The highest BCUT2D eigenvalue weighted by atomic mass is 32.2. The zero-order chi connectivity index (χ0) is 12.8. The van der Waals surface area contributed by atoms with Crippen molar-refractivity contribution in [2.45, 2.75) is 25.7 Å². The van der Waals surface area contributed by atoms with Crippen LogP contribution in [0.15, 0.2) is 11.2 Å². The predicted molar refractivity (Wildman–Crippen MR) is 61.1 cm³/mol. The summed E-state index contributed by atoms with van der Waals surface area (Å²) in [7, 11) is -0.168. The van der Waals surface area contributed by atoms with Crippen LogP contribution in [0.3, 0.4) is 0 Å². The second-order valence-electron chi connectivity index (χ2n) is 3.56. The lowest BCUT2D eigenvalue weighted by atomic mass is 10.2. The average Bonchev–Trinajstić information content (AvgIpc) is 2.54. The van der Waals surface area contributed by atoms with Crippen molar-refractivity contribution in [3.05, 3.63) is 11.2 Å². The number of nitrogens with zero attached hydrogens (tertiary/aromatic N) is 1. The molecule has 1 heterocycles. The molecule has 0 aromatic rings. The summed E-state index contributed by atoms with van der Waals surface area (Å²) in [6.45, 7) is 0.356. The molecule has 0 radical (unpaired) electrons. The van der Waals surface area contributed by atoms with Gasteiger partial charge in [0.15, 0.2) is 11.0 Å². The number of aliphatic carboxylic acids is 1. The van der Waals surface area contributed by atoms with Crippen molar-refractivity contribution in [1.82, 2.24) is 4.31 Å². The van der Waals surface area contributed by atoms with Crippen molar-refractivity contribution in [3.63, 3.8) is 0 Å². The van der Waals surface area contributed by atoms with Gasteiger partial charge in [-0.3, -0.25) is 13.9 Å². The lowest BCUT2D eigenvalue weighted by molar-refractivity contribution is -0.137. The van der Waals surface area contributed by atoms with Crippen LogP contribution in [0.2, 0.25) is 0 Å². The maximum absolute atomic E-state index is 11.6. The third kappa shape index (κ3) is 3.85. The van der Waals surface area contributed by atoms with Gasteiger partial charge in [-0.2, -0.15) is 0 Å². The number of carbonyl (C=O) groups is 2. The Kier molecular flexibility index (Phi) is 5.14. The maximum Gasteiger partial charge on any atom is 0.303 e. The Balaban J connectivity index is 2.27. The van der Waals surface area contributed by atoms with Crippen molar-refractivity contribution < 1.29 is 23.6 Å². The van der Waals surface area contributed by atoms with Gasteiger partial charge in [0, 0.05) is 13.0 Å². The van der Waals surface area contributed by atoms with Crippen LogP contribution in [-0.4, -0.2) is 39.2 Å². The quantitative estimate of drug-likeness (QED) is 0.679. The van der Waals surface area contributed by atoms with Crippen LogP contribution >= 0.6 is 0 Å². The van der Waals surface area contributed by atoms with Crippen LogP contribution in [0, 0.1) is 0 Å². The summed E-state index contributed by atoms with van der Waals surface area (Å²) in [6, 6.07) is 0. The van der Waals surface area contributed by atoms with Gasteiger partial charge < -0.3 is 9.84 Å². The number of amides is 1. The molecule has 1 rings (SSSR count). The van der Waals surface area contributed by atoms with E-state index in [0.29, 0.717) is 25.8 Å². The Morgan fingerprint density at radius 2 is 2.18 bits per heavy atom. The van der Waals surface area contributed by atoms with Crippen LogP contribution in [0.4, 0.5) is 0 Å². The second kappa shape index (κ2) is 6.39. The van der Waals surface area contributed by atoms with Crippen molar-refractivity contribution in [2.24, 2.45) is 0 Å². The number of carboxylic acids is 1. The topological polar surface area (TPSA) is 83.9 Å². The average molecular weight is 261 g/mol. The first-order valence-corrected chi connectivity index (χ1v) is 6.38. The number of methoxy groups -OCH3 is 1. The molecule has 0 aromatic carbocycles. The summed E-state index contributed by atoms with van der Waals surface area (Å²) >= 11 is 0. The monoisotopic (exact) mass is 261 g/mol. The summed E-state index contributed by atoms with van der Waals surface area (Å²) in [5.41, 5.74) is 0. The number of ether oxygens (including phenoxy) is 1. The van der Waals surface area contributed by atoms with Crippen molar-refractivity contribution in [1.29, 1.82) is 0 Å². The van der Waals surface area contributed by atoms with E-state index in [-0.39, 0.29) is 17.4 Å². The lowest BCUT2D eigenvalue weighted by Crippen LogP contribution is -2.27. The van der Waals surface area contributed by atoms with Gasteiger partial charge in [-0.15, -0.1) is 0 Å². The summed E-state index contributed by atoms with van der Waals surface area (Å²) in [5.74, 6) is -1.15. The van der Waals surface area contributed by atoms with Gasteiger partial charge in [0.05, 0.1) is 13.2 Å². The van der Waals surface area contributed by atoms with Crippen molar-refractivity contribution in [3.8, 4) is 0 Å². The number of unbranched alkanes of at least 4 members (excludes halogenated alkanes) is 2. The highest BCUT2D eigenvalue weighted by molar-refractivity contribution is 7.87. The molecule has 0 aliphatic carbocycles. The van der Waals surface area contributed by atoms with Crippen molar-refractivity contribution in [2.75, 3.05) is 13.7 Å². The van der Waals surface area contributed by atoms with E-state index >= 15 is 0 Å². The fourth-order valence-electron chi connectivity index (χ4n) is 1.45. The molecule has 6 nitrogen and oxygen atoms in total. The highest BCUT2D eigenvalue weighted by Gasteiger charge is 2.29. The third-order valence-electron chi connectivity index (χ3n) is 2.31. The Bertz CT molecular complexity index is 366. The smallest absolute Gasteiger partial charge is 0.303 e. The standard InChI is InChI=1S/C10H15NO5S/c1-16-10-7-8(12)11(17(10)15)6-4-2-3-5-9(13)14/h7H,2-6H2,1H3,(H,13,14). The Morgan fingerprint density at radius 1 is 1.47 bits per heavy atom. The Hall–Kier alpha value is -1.37. The molecule has 0 saturated carbocycles. The minimum atomic E-state index is -1.54. The number of rotatable bonds is 7. The fourth-order valence-corrected chi connectivity index (χ4v) is 2.52. The van der Waals surface area contributed by atoms with Crippen molar-refractivity contribution >= 4 is 22.9 Å². The largest absolute Gasteiger partial charge is 0.487 e. The van der Waals surface area contributed by atoms with E-state index in [1.54, 1.807) is 0 Å². The molecular weight excluding hydrogens is 246 g/mol. The lowest BCUT2D eigenvalue weighted by Gasteiger charge is -2.14. The normalized spacial score (nSPS) is 19.4. The number of hydrogen-bond acceptors (Lipinski definition) is 4. The summed E-state index contributed by atoms with van der Waals surface area (Å²) in [5, 5.41) is 8.60. The molecule has 17 heavy (non-hydrogen) atoms. The molecule has 1 aliphatic rings. The summed E-state index contributed by atoms with van der Waals surface area (Å²) in [6.07, 6.45) is 3.23. The van der Waals surface area contributed by atoms with Crippen LogP contribution in [0.25, 0.3) is 0 Å². The molecule has 0 spiro atoms. The van der Waals surface area contributed by atoms with Gasteiger partial charge >= 0.3 is 5.97 Å². The Labute approximate surface area is 102 Å². The molecular formula is C10H15NO5S. The van der Waals surface area contributed by atoms with Crippen LogP contribution in [-0.2, 0) is 25.3 Å². The van der Waals surface area contributed by atoms with E-state index < -0.39 is 17.0 Å². The van der Waals surface area contributed by atoms with E-state index in [2.05, 4.69) is 0 Å². The van der Waals surface area contributed by atoms with Gasteiger partial charge in [0.2, 0.25) is 5.09 Å². The maximum atomic E-state index is 11.6. The molecule has 96 valence electrons. The van der Waals surface area contributed by atoms with Gasteiger partial charge in [-0.1, -0.05) is 6.42 Å². The minimum absolute atomic E-state index is 0.124. The first-order chi connectivity index (χ1) is 8.06. The summed E-state index contributed by atoms with van der Waals surface area (Å²) in [4.78, 5) is 21.7. The fraction of sp³-hybridized carbons (Fsp3) is 0.600. The van der Waals surface area contributed by atoms with Crippen LogP contribution < -0.4 is 0 Å². The van der Waals surface area contributed by atoms with Crippen LogP contribution in [0.1, 0.15) is 25.7 Å². The zero-order valence-electron chi connectivity index (χ0n) is 9.55. The molecule has 1 aliphatic heterocycles. The highest BCUT2D eigenvalue weighted by Crippen LogP contribution is 2.18. The molecule has 0 bridgehead atoms. The molecule has 7 heteroatoms. The first-order valence-electron chi connectivity index (χ1n) is 5.27. The SMILES string of the molecule is COC1=CC(=O)N(CCCCCC(=O)O)S1=O. The molecule has 0 saturated heterocycles. The van der Waals surface area contributed by atoms with Gasteiger partial charge in [0.25, 0.3) is 5.91 Å². The predicted octanol–water partition coefficient (Wildman–Crippen LogP) is 0.625. The summed E-state index contributed by atoms with van der Waals surface area (Å²) < 4.78 is 17.7. The van der Waals surface area contributed by atoms with E-state index in [0.717, 1.165) is 0 Å². The second-order valence-corrected chi connectivity index (χ2v) is 4.90. The number of carboxylic acid groups (broad SMARTS) is 1. The van der Waals surface area contributed by atoms with Crippen LogP contribution in [0.5, 0.6) is 0 Å². The molecule has 1 unspecified atom stereocenters. The van der Waals surface area contributed by atoms with E-state index in [9.17, 15) is 13.8 Å². The molecule has 1 atom stereocenters. The molecule has 0 aromatic heterocycles. The Morgan fingerprint density at radius 3 is 2.71 bits per heavy atom. The molecule has 0 fully saturated rings. The van der Waals surface area contributed by atoms with Gasteiger partial charge in [-0.05, 0) is 12.8 Å². The number of hydrogen-bond donors (Lipinski definition) is 1. The number of carbonyl (C=O) groups excluding carboxylic acids is 1. The third-order valence-corrected chi connectivity index (χ3v) is 3.70. The van der Waals surface area contributed by atoms with Gasteiger partial charge in [-0.25, -0.2) is 4.21 Å². The first kappa shape index (κ1) is 13.7. The van der Waals surface area contributed by atoms with E-state index in [1.165, 1.54) is 17.5 Å². The minimum Gasteiger partial charge on any atom is -0.487 e. The van der Waals surface area contributed by atoms with Gasteiger partial charge in [0.1, 0.15) is 0 Å². The zero-order valence-corrected chi connectivity index (χ0v) is 10.4. The van der Waals surface area contributed by atoms with E-state index in [4.69, 9.17) is 9.84 Å². The molecule has 1 amide bonds. The van der Waals surface area contributed by atoms with E-state index in [1.807, 2.05) is 0 Å².